The van der Waals surface area contributed by atoms with Crippen molar-refractivity contribution in [2.24, 2.45) is 5.92 Å². The van der Waals surface area contributed by atoms with Crippen molar-refractivity contribution in [2.75, 3.05) is 19.7 Å². The van der Waals surface area contributed by atoms with E-state index in [0.717, 1.165) is 19.1 Å². The molecule has 2 heteroatoms. The molecule has 2 fully saturated rings. The molecule has 12 heavy (non-hydrogen) atoms. The number of nitrogens with zero attached hydrogens (tertiary/aromatic N) is 1. The molecular weight excluding hydrogens is 150 g/mol. The quantitative estimate of drug-likeness (QED) is 0.642. The summed E-state index contributed by atoms with van der Waals surface area (Å²) in [6.07, 6.45) is 8.45. The van der Waals surface area contributed by atoms with Gasteiger partial charge in [-0.25, -0.2) is 0 Å². The first kappa shape index (κ1) is 8.52. The molecule has 2 aliphatic rings. The molecule has 0 radical (unpaired) electrons. The number of rotatable bonds is 3. The van der Waals surface area contributed by atoms with E-state index in [1.807, 2.05) is 0 Å². The van der Waals surface area contributed by atoms with Crippen molar-refractivity contribution in [3.63, 3.8) is 0 Å². The predicted molar refractivity (Wildman–Crippen MR) is 48.7 cm³/mol. The Hall–Kier alpha value is -0.0800. The van der Waals surface area contributed by atoms with Gasteiger partial charge in [-0.2, -0.15) is 5.06 Å². The van der Waals surface area contributed by atoms with Crippen LogP contribution in [0.2, 0.25) is 0 Å². The van der Waals surface area contributed by atoms with Gasteiger partial charge in [0.25, 0.3) is 0 Å². The lowest BCUT2D eigenvalue weighted by molar-refractivity contribution is -0.112. The highest BCUT2D eigenvalue weighted by molar-refractivity contribution is 4.68. The molecule has 0 bridgehead atoms. The van der Waals surface area contributed by atoms with Crippen LogP contribution in [0, 0.1) is 5.92 Å². The van der Waals surface area contributed by atoms with Gasteiger partial charge < -0.3 is 0 Å². The fourth-order valence-corrected chi connectivity index (χ4v) is 2.30. The second-order valence-corrected chi connectivity index (χ2v) is 4.05. The number of hydrogen-bond donors (Lipinski definition) is 0. The van der Waals surface area contributed by atoms with Crippen LogP contribution in [0.5, 0.6) is 0 Å². The van der Waals surface area contributed by atoms with Gasteiger partial charge in [0.15, 0.2) is 0 Å². The first-order valence-corrected chi connectivity index (χ1v) is 5.33. The molecule has 0 N–H and O–H groups in total. The van der Waals surface area contributed by atoms with E-state index < -0.39 is 0 Å². The van der Waals surface area contributed by atoms with Gasteiger partial charge in [-0.05, 0) is 18.8 Å². The van der Waals surface area contributed by atoms with Crippen LogP contribution in [-0.2, 0) is 4.84 Å². The lowest BCUT2D eigenvalue weighted by atomic mass is 10.0. The fraction of sp³-hybridized carbons (Fsp3) is 1.00. The van der Waals surface area contributed by atoms with Crippen LogP contribution in [0.15, 0.2) is 0 Å². The maximum absolute atomic E-state index is 5.45. The third-order valence-electron chi connectivity index (χ3n) is 3.09. The Morgan fingerprint density at radius 1 is 1.17 bits per heavy atom. The van der Waals surface area contributed by atoms with E-state index in [2.05, 4.69) is 5.06 Å². The summed E-state index contributed by atoms with van der Waals surface area (Å²) >= 11 is 0. The second kappa shape index (κ2) is 4.24. The van der Waals surface area contributed by atoms with Crippen molar-refractivity contribution in [3.8, 4) is 0 Å². The topological polar surface area (TPSA) is 12.5 Å². The number of hydroxylamine groups is 2. The summed E-state index contributed by atoms with van der Waals surface area (Å²) in [6.45, 7) is 3.28. The van der Waals surface area contributed by atoms with Crippen molar-refractivity contribution in [2.45, 2.75) is 38.5 Å². The second-order valence-electron chi connectivity index (χ2n) is 4.05. The minimum Gasteiger partial charge on any atom is -0.299 e. The third kappa shape index (κ3) is 2.20. The molecule has 1 aliphatic carbocycles. The molecule has 0 amide bonds. The Balaban J connectivity index is 1.60. The Morgan fingerprint density at radius 3 is 2.67 bits per heavy atom. The van der Waals surface area contributed by atoms with Crippen molar-refractivity contribution in [3.05, 3.63) is 0 Å². The van der Waals surface area contributed by atoms with E-state index in [4.69, 9.17) is 4.84 Å². The zero-order chi connectivity index (χ0) is 8.23. The van der Waals surface area contributed by atoms with Gasteiger partial charge in [-0.1, -0.05) is 25.7 Å². The highest BCUT2D eigenvalue weighted by Crippen LogP contribution is 2.27. The molecule has 0 aromatic carbocycles. The van der Waals surface area contributed by atoms with E-state index >= 15 is 0 Å². The van der Waals surface area contributed by atoms with Crippen LogP contribution in [0.4, 0.5) is 0 Å². The predicted octanol–water partition coefficient (Wildman–Crippen LogP) is 2.20. The third-order valence-corrected chi connectivity index (χ3v) is 3.09. The molecule has 0 aromatic rings. The highest BCUT2D eigenvalue weighted by Gasteiger charge is 2.18. The van der Waals surface area contributed by atoms with Crippen molar-refractivity contribution in [1.82, 2.24) is 5.06 Å². The molecule has 1 saturated carbocycles. The fourth-order valence-electron chi connectivity index (χ4n) is 2.30. The van der Waals surface area contributed by atoms with Crippen LogP contribution < -0.4 is 0 Å². The van der Waals surface area contributed by atoms with Crippen LogP contribution in [0.3, 0.4) is 0 Å². The maximum atomic E-state index is 5.45. The lowest BCUT2D eigenvalue weighted by Crippen LogP contribution is -2.20. The minimum absolute atomic E-state index is 0.949. The SMILES string of the molecule is C1CCC(CCN2CCCO2)C1. The van der Waals surface area contributed by atoms with Crippen LogP contribution in [0.25, 0.3) is 0 Å². The first-order chi connectivity index (χ1) is 5.95. The summed E-state index contributed by atoms with van der Waals surface area (Å²) in [7, 11) is 0. The molecule has 0 atom stereocenters. The largest absolute Gasteiger partial charge is 0.299 e. The summed E-state index contributed by atoms with van der Waals surface area (Å²) < 4.78 is 0. The molecule has 2 rings (SSSR count). The summed E-state index contributed by atoms with van der Waals surface area (Å²) in [5, 5.41) is 2.15. The number of hydrogen-bond acceptors (Lipinski definition) is 2. The van der Waals surface area contributed by atoms with Gasteiger partial charge in [0.05, 0.1) is 6.61 Å². The average molecular weight is 169 g/mol. The van der Waals surface area contributed by atoms with Crippen LogP contribution in [-0.4, -0.2) is 24.8 Å². The highest BCUT2D eigenvalue weighted by atomic mass is 16.7. The van der Waals surface area contributed by atoms with E-state index in [0.29, 0.717) is 0 Å². The standard InChI is InChI=1S/C10H19NO/c1-2-5-10(4-1)6-8-11-7-3-9-12-11/h10H,1-9H2. The molecule has 0 aromatic heterocycles. The zero-order valence-electron chi connectivity index (χ0n) is 7.80. The van der Waals surface area contributed by atoms with Crippen molar-refractivity contribution < 1.29 is 4.84 Å². The van der Waals surface area contributed by atoms with Gasteiger partial charge in [0.2, 0.25) is 0 Å². The summed E-state index contributed by atoms with van der Waals surface area (Å²) in [5.74, 6) is 1.01. The van der Waals surface area contributed by atoms with Crippen LogP contribution >= 0.6 is 0 Å². The molecule has 1 saturated heterocycles. The average Bonchev–Trinajstić information content (AvgIpc) is 2.74. The Labute approximate surface area is 74.8 Å². The van der Waals surface area contributed by atoms with Crippen molar-refractivity contribution >= 4 is 0 Å². The summed E-state index contributed by atoms with van der Waals surface area (Å²) in [5.41, 5.74) is 0. The smallest absolute Gasteiger partial charge is 0.0698 e. The van der Waals surface area contributed by atoms with Gasteiger partial charge in [-0.15, -0.1) is 0 Å². The lowest BCUT2D eigenvalue weighted by Gasteiger charge is -2.15. The van der Waals surface area contributed by atoms with Crippen LogP contribution in [0.1, 0.15) is 38.5 Å². The molecule has 0 spiro atoms. The molecule has 2 nitrogen and oxygen atoms in total. The van der Waals surface area contributed by atoms with Gasteiger partial charge in [-0.3, -0.25) is 4.84 Å². The minimum atomic E-state index is 0.949. The van der Waals surface area contributed by atoms with E-state index in [1.165, 1.54) is 45.1 Å². The Bertz CT molecular complexity index is 110. The Morgan fingerprint density at radius 2 is 2.00 bits per heavy atom. The maximum Gasteiger partial charge on any atom is 0.0698 e. The first-order valence-electron chi connectivity index (χ1n) is 5.33. The van der Waals surface area contributed by atoms with E-state index in [1.54, 1.807) is 0 Å². The van der Waals surface area contributed by atoms with Gasteiger partial charge in [0, 0.05) is 13.1 Å². The van der Waals surface area contributed by atoms with Crippen molar-refractivity contribution in [1.29, 1.82) is 0 Å². The van der Waals surface area contributed by atoms with E-state index in [-0.39, 0.29) is 0 Å². The zero-order valence-corrected chi connectivity index (χ0v) is 7.80. The monoisotopic (exact) mass is 169 g/mol. The molecular formula is C10H19NO. The van der Waals surface area contributed by atoms with Gasteiger partial charge in [0.1, 0.15) is 0 Å². The molecule has 70 valence electrons. The summed E-state index contributed by atoms with van der Waals surface area (Å²) in [6, 6.07) is 0. The molecule has 1 aliphatic heterocycles. The van der Waals surface area contributed by atoms with E-state index in [9.17, 15) is 0 Å². The summed E-state index contributed by atoms with van der Waals surface area (Å²) in [4.78, 5) is 5.45. The normalized spacial score (nSPS) is 27.0. The molecule has 0 unspecified atom stereocenters. The Kier molecular flexibility index (Phi) is 3.01. The molecule has 1 heterocycles. The van der Waals surface area contributed by atoms with Gasteiger partial charge >= 0.3 is 0 Å².